The van der Waals surface area contributed by atoms with Crippen LogP contribution in [0.15, 0.2) is 21.9 Å². The van der Waals surface area contributed by atoms with Gasteiger partial charge in [-0.15, -0.1) is 0 Å². The average Bonchev–Trinajstić information content (AvgIpc) is 2.77. The third-order valence-electron chi connectivity index (χ3n) is 4.76. The summed E-state index contributed by atoms with van der Waals surface area (Å²) in [5.41, 5.74) is 4.64. The van der Waals surface area contributed by atoms with Gasteiger partial charge in [-0.05, 0) is 0 Å². The maximum absolute atomic E-state index is 13.4. The number of fused-ring (bicyclic) bond motifs is 2. The first kappa shape index (κ1) is 29.2. The summed E-state index contributed by atoms with van der Waals surface area (Å²) < 4.78 is 123. The van der Waals surface area contributed by atoms with Crippen LogP contribution in [0.2, 0.25) is 0 Å². The summed E-state index contributed by atoms with van der Waals surface area (Å²) in [6, 6.07) is 0.208. The van der Waals surface area contributed by atoms with Gasteiger partial charge in [0.05, 0.1) is 22.3 Å². The Morgan fingerprint density at radius 3 is 1.13 bits per heavy atom. The standard InChI is InChI=1S/C16H14N2O16S4/c17-3-35(23,24)33-5-1-7(37(27,28)29)13(19)11-9(5)15(21)12-10(16(11)22)6(34-36(25,26)4-18)2-8(14(12)20)38(30,31)32/h1-2,19-20H,3-4,17-18H2,(H,27,28,29)(H,30,31,32). The Hall–Kier alpha value is -3.38. The molecule has 0 saturated heterocycles. The molecule has 18 nitrogen and oxygen atoms in total. The maximum Gasteiger partial charge on any atom is 0.322 e. The molecule has 0 bridgehead atoms. The number of aromatic hydroxyl groups is 2. The van der Waals surface area contributed by atoms with E-state index >= 15 is 0 Å². The molecule has 0 saturated carbocycles. The number of hydrogen-bond acceptors (Lipinski definition) is 16. The zero-order valence-corrected chi connectivity index (χ0v) is 21.3. The first-order valence-corrected chi connectivity index (χ1v) is 15.3. The van der Waals surface area contributed by atoms with Crippen molar-refractivity contribution in [3.63, 3.8) is 0 Å². The summed E-state index contributed by atoms with van der Waals surface area (Å²) in [6.45, 7) is 0. The Bertz CT molecular complexity index is 1720. The van der Waals surface area contributed by atoms with Gasteiger partial charge in [0.25, 0.3) is 20.2 Å². The number of carbonyl (C=O) groups is 2. The van der Waals surface area contributed by atoms with Crippen molar-refractivity contribution in [2.45, 2.75) is 9.79 Å². The Balaban J connectivity index is 2.58. The van der Waals surface area contributed by atoms with E-state index in [1.54, 1.807) is 0 Å². The third-order valence-corrected chi connectivity index (χ3v) is 8.18. The van der Waals surface area contributed by atoms with Crippen molar-refractivity contribution in [1.29, 1.82) is 0 Å². The van der Waals surface area contributed by atoms with E-state index in [2.05, 4.69) is 8.37 Å². The van der Waals surface area contributed by atoms with Crippen LogP contribution in [0.5, 0.6) is 23.0 Å². The fraction of sp³-hybridized carbons (Fsp3) is 0.125. The highest BCUT2D eigenvalue weighted by atomic mass is 32.2. The predicted octanol–water partition coefficient (Wildman–Crippen LogP) is -2.38. The number of phenols is 2. The maximum atomic E-state index is 13.4. The van der Waals surface area contributed by atoms with E-state index in [4.69, 9.17) is 11.5 Å². The molecule has 0 aliphatic heterocycles. The normalized spacial score (nSPS) is 14.1. The van der Waals surface area contributed by atoms with Gasteiger partial charge in [-0.1, -0.05) is 0 Å². The van der Waals surface area contributed by atoms with Gasteiger partial charge in [-0.25, -0.2) is 0 Å². The molecule has 0 unspecified atom stereocenters. The predicted molar refractivity (Wildman–Crippen MR) is 120 cm³/mol. The molecular formula is C16H14N2O16S4. The first-order valence-electron chi connectivity index (χ1n) is 9.25. The van der Waals surface area contributed by atoms with Crippen molar-refractivity contribution < 1.29 is 70.9 Å². The minimum atomic E-state index is -5.47. The van der Waals surface area contributed by atoms with Crippen LogP contribution < -0.4 is 19.8 Å². The summed E-state index contributed by atoms with van der Waals surface area (Å²) in [5, 5.41) is 20.9. The second-order valence-corrected chi connectivity index (χ2v) is 13.2. The summed E-state index contributed by atoms with van der Waals surface area (Å²) in [7, 11) is -20.6. The lowest BCUT2D eigenvalue weighted by Gasteiger charge is -2.24. The summed E-state index contributed by atoms with van der Waals surface area (Å²) in [6.07, 6.45) is 0. The van der Waals surface area contributed by atoms with Crippen molar-refractivity contribution >= 4 is 52.0 Å². The van der Waals surface area contributed by atoms with Gasteiger partial charge in [0.2, 0.25) is 11.6 Å². The molecule has 0 atom stereocenters. The molecule has 1 aliphatic rings. The molecule has 0 amide bonds. The molecule has 3 rings (SSSR count). The lowest BCUT2D eigenvalue weighted by molar-refractivity contribution is 0.0970. The van der Waals surface area contributed by atoms with Gasteiger partial charge in [-0.3, -0.25) is 18.7 Å². The summed E-state index contributed by atoms with van der Waals surface area (Å²) >= 11 is 0. The van der Waals surface area contributed by atoms with Crippen molar-refractivity contribution in [2.24, 2.45) is 11.5 Å². The van der Waals surface area contributed by atoms with Crippen molar-refractivity contribution in [3.8, 4) is 23.0 Å². The number of nitrogens with two attached hydrogens (primary N) is 2. The monoisotopic (exact) mass is 618 g/mol. The van der Waals surface area contributed by atoms with Crippen LogP contribution >= 0.6 is 0 Å². The van der Waals surface area contributed by atoms with Gasteiger partial charge < -0.3 is 30.0 Å². The van der Waals surface area contributed by atoms with Crippen LogP contribution in [0, 0.1) is 0 Å². The van der Waals surface area contributed by atoms with Gasteiger partial charge >= 0.3 is 20.2 Å². The van der Waals surface area contributed by atoms with Gasteiger partial charge in [-0.2, -0.15) is 33.7 Å². The zero-order valence-electron chi connectivity index (χ0n) is 18.0. The number of ketones is 2. The number of benzene rings is 2. The van der Waals surface area contributed by atoms with E-state index in [-0.39, 0.29) is 12.1 Å². The second kappa shape index (κ2) is 9.12. The highest BCUT2D eigenvalue weighted by Gasteiger charge is 2.44. The first-order chi connectivity index (χ1) is 17.2. The van der Waals surface area contributed by atoms with Crippen molar-refractivity contribution in [1.82, 2.24) is 0 Å². The average molecular weight is 619 g/mol. The Morgan fingerprint density at radius 2 is 0.895 bits per heavy atom. The van der Waals surface area contributed by atoms with E-state index in [0.29, 0.717) is 0 Å². The fourth-order valence-electron chi connectivity index (χ4n) is 3.26. The lowest BCUT2D eigenvalue weighted by atomic mass is 9.82. The molecule has 0 aromatic heterocycles. The fourth-order valence-corrected chi connectivity index (χ4v) is 5.41. The topological polar surface area (TPSA) is 322 Å². The molecule has 208 valence electrons. The Kier molecular flexibility index (Phi) is 7.01. The van der Waals surface area contributed by atoms with Crippen LogP contribution in [0.1, 0.15) is 31.8 Å². The number of rotatable bonds is 8. The molecule has 8 N–H and O–H groups in total. The molecule has 2 aromatic rings. The lowest BCUT2D eigenvalue weighted by Crippen LogP contribution is -2.28. The van der Waals surface area contributed by atoms with Crippen LogP contribution in [0.3, 0.4) is 0 Å². The van der Waals surface area contributed by atoms with Crippen LogP contribution in [-0.2, 0) is 40.5 Å². The summed E-state index contributed by atoms with van der Waals surface area (Å²) in [4.78, 5) is 23.7. The van der Waals surface area contributed by atoms with Crippen LogP contribution in [0.4, 0.5) is 0 Å². The molecular weight excluding hydrogens is 604 g/mol. The molecule has 0 heterocycles. The highest BCUT2D eigenvalue weighted by molar-refractivity contribution is 7.87. The van der Waals surface area contributed by atoms with Crippen molar-refractivity contribution in [3.05, 3.63) is 34.4 Å². The largest absolute Gasteiger partial charge is 0.506 e. The zero-order chi connectivity index (χ0) is 29.2. The minimum Gasteiger partial charge on any atom is -0.506 e. The van der Waals surface area contributed by atoms with E-state index in [0.717, 1.165) is 0 Å². The molecule has 0 spiro atoms. The second-order valence-electron chi connectivity index (χ2n) is 7.17. The van der Waals surface area contributed by atoms with E-state index in [9.17, 15) is 62.6 Å². The number of hydrogen-bond donors (Lipinski definition) is 6. The van der Waals surface area contributed by atoms with Crippen LogP contribution in [-0.4, -0.2) is 76.3 Å². The van der Waals surface area contributed by atoms with Crippen LogP contribution in [0.25, 0.3) is 0 Å². The van der Waals surface area contributed by atoms with E-state index in [1.807, 2.05) is 0 Å². The molecule has 38 heavy (non-hydrogen) atoms. The van der Waals surface area contributed by atoms with Crippen molar-refractivity contribution in [2.75, 3.05) is 11.8 Å². The SMILES string of the molecule is NCS(=O)(=O)Oc1cc(S(=O)(=O)O)c(O)c2c1C(=O)c1c(O)c(S(=O)(=O)O)cc(OS(=O)(=O)CN)c1C2=O. The molecule has 1 aliphatic carbocycles. The third kappa shape index (κ3) is 5.02. The summed E-state index contributed by atoms with van der Waals surface area (Å²) in [5.74, 6) is -12.1. The highest BCUT2D eigenvalue weighted by Crippen LogP contribution is 2.48. The van der Waals surface area contributed by atoms with Gasteiger partial charge in [0.1, 0.15) is 33.0 Å². The Morgan fingerprint density at radius 1 is 0.605 bits per heavy atom. The molecule has 22 heteroatoms. The van der Waals surface area contributed by atoms with E-state index < -0.39 is 119 Å². The molecule has 2 aromatic carbocycles. The minimum absolute atomic E-state index is 0.104. The molecule has 0 fully saturated rings. The number of phenolic OH excluding ortho intramolecular Hbond substituents is 2. The number of carbonyl (C=O) groups excluding carboxylic acids is 2. The van der Waals surface area contributed by atoms with E-state index in [1.165, 1.54) is 0 Å². The van der Waals surface area contributed by atoms with Gasteiger partial charge in [0, 0.05) is 12.1 Å². The smallest absolute Gasteiger partial charge is 0.322 e. The van der Waals surface area contributed by atoms with Gasteiger partial charge in [0.15, 0.2) is 11.5 Å². The quantitative estimate of drug-likeness (QED) is 0.113. The Labute approximate surface area is 213 Å². The molecule has 0 radical (unpaired) electrons.